The summed E-state index contributed by atoms with van der Waals surface area (Å²) in [6, 6.07) is 14.3. The van der Waals surface area contributed by atoms with E-state index in [9.17, 15) is 13.2 Å². The molecule has 0 fully saturated rings. The lowest BCUT2D eigenvalue weighted by Crippen LogP contribution is -2.39. The third kappa shape index (κ3) is 6.51. The third-order valence-electron chi connectivity index (χ3n) is 5.29. The molecule has 9 heteroatoms. The van der Waals surface area contributed by atoms with Crippen molar-refractivity contribution < 1.29 is 13.2 Å². The first kappa shape index (κ1) is 26.3. The number of aryl methyl sites for hydroxylation is 1. The summed E-state index contributed by atoms with van der Waals surface area (Å²) in [6.45, 7) is 9.16. The molecule has 0 atom stereocenters. The molecule has 3 rings (SSSR count). The Balaban J connectivity index is 0.00000363. The van der Waals surface area contributed by atoms with E-state index >= 15 is 0 Å². The van der Waals surface area contributed by atoms with Crippen LogP contribution in [0.25, 0.3) is 10.2 Å². The van der Waals surface area contributed by atoms with Crippen LogP contribution < -0.4 is 4.90 Å². The molecule has 0 radical (unpaired) electrons. The molecule has 1 aromatic heterocycles. The van der Waals surface area contributed by atoms with Crippen LogP contribution in [0.4, 0.5) is 5.13 Å². The molecule has 32 heavy (non-hydrogen) atoms. The molecule has 0 saturated heterocycles. The van der Waals surface area contributed by atoms with E-state index < -0.39 is 9.84 Å². The van der Waals surface area contributed by atoms with Gasteiger partial charge in [0, 0.05) is 19.5 Å². The highest BCUT2D eigenvalue weighted by atomic mass is 35.5. The number of sulfone groups is 1. The van der Waals surface area contributed by atoms with Crippen LogP contribution in [0.5, 0.6) is 0 Å². The Morgan fingerprint density at radius 1 is 1.03 bits per heavy atom. The molecule has 1 heterocycles. The number of rotatable bonds is 10. The molecule has 0 aliphatic rings. The molecule has 0 spiro atoms. The lowest BCUT2D eigenvalue weighted by molar-refractivity contribution is -0.118. The molecular weight excluding hydrogens is 466 g/mol. The van der Waals surface area contributed by atoms with Gasteiger partial charge >= 0.3 is 0 Å². The van der Waals surface area contributed by atoms with Crippen molar-refractivity contribution in [2.45, 2.75) is 32.1 Å². The average molecular weight is 496 g/mol. The van der Waals surface area contributed by atoms with Crippen molar-refractivity contribution in [3.8, 4) is 0 Å². The molecule has 2 aromatic carbocycles. The highest BCUT2D eigenvalue weighted by Gasteiger charge is 2.23. The molecular formula is C23H30ClN3O3S2. The van der Waals surface area contributed by atoms with E-state index in [4.69, 9.17) is 0 Å². The van der Waals surface area contributed by atoms with Crippen LogP contribution in [0.1, 0.15) is 25.8 Å². The number of thiazole rings is 1. The van der Waals surface area contributed by atoms with Crippen molar-refractivity contribution in [2.24, 2.45) is 0 Å². The highest BCUT2D eigenvalue weighted by Crippen LogP contribution is 2.30. The summed E-state index contributed by atoms with van der Waals surface area (Å²) in [5.41, 5.74) is 1.99. The fraction of sp³-hybridized carbons (Fsp3) is 0.391. The minimum Gasteiger partial charge on any atom is -0.302 e. The summed E-state index contributed by atoms with van der Waals surface area (Å²) < 4.78 is 26.3. The Kier molecular flexibility index (Phi) is 9.64. The van der Waals surface area contributed by atoms with Crippen molar-refractivity contribution in [1.82, 2.24) is 9.88 Å². The van der Waals surface area contributed by atoms with Crippen molar-refractivity contribution in [3.05, 3.63) is 54.1 Å². The molecule has 0 aliphatic carbocycles. The smallest absolute Gasteiger partial charge is 0.229 e. The first-order valence-corrected chi connectivity index (χ1v) is 13.0. The van der Waals surface area contributed by atoms with E-state index in [-0.39, 0.29) is 35.4 Å². The topological polar surface area (TPSA) is 70.6 Å². The molecule has 0 N–H and O–H groups in total. The van der Waals surface area contributed by atoms with E-state index in [0.29, 0.717) is 18.2 Å². The van der Waals surface area contributed by atoms with E-state index in [1.165, 1.54) is 11.3 Å². The first-order chi connectivity index (χ1) is 14.8. The minimum atomic E-state index is -3.52. The van der Waals surface area contributed by atoms with Gasteiger partial charge in [-0.3, -0.25) is 9.69 Å². The largest absolute Gasteiger partial charge is 0.302 e. The fourth-order valence-electron chi connectivity index (χ4n) is 3.35. The second kappa shape index (κ2) is 11.7. The standard InChI is InChI=1S/C23H29N3O3S2.ClH/c1-4-25(5-2)14-15-26(23-24-20-12-11-18(3)17-21(20)30-23)22(27)13-16-31(28,29)19-9-7-6-8-10-19;/h6-12,17H,4-5,13-16H2,1-3H3;1H. The normalized spacial score (nSPS) is 11.5. The van der Waals surface area contributed by atoms with Gasteiger partial charge in [0.25, 0.3) is 0 Å². The lowest BCUT2D eigenvalue weighted by Gasteiger charge is -2.24. The van der Waals surface area contributed by atoms with Crippen LogP contribution in [0.2, 0.25) is 0 Å². The number of carbonyl (C=O) groups is 1. The van der Waals surface area contributed by atoms with Crippen LogP contribution in [0, 0.1) is 6.92 Å². The maximum atomic E-state index is 13.2. The molecule has 0 aliphatic heterocycles. The van der Waals surface area contributed by atoms with Gasteiger partial charge in [-0.05, 0) is 49.8 Å². The van der Waals surface area contributed by atoms with Gasteiger partial charge in [0.05, 0.1) is 20.9 Å². The van der Waals surface area contributed by atoms with Gasteiger partial charge in [0.1, 0.15) is 0 Å². The maximum Gasteiger partial charge on any atom is 0.229 e. The molecule has 0 bridgehead atoms. The number of fused-ring (bicyclic) bond motifs is 1. The second-order valence-corrected chi connectivity index (χ2v) is 10.5. The third-order valence-corrected chi connectivity index (χ3v) is 8.06. The first-order valence-electron chi connectivity index (χ1n) is 10.5. The Morgan fingerprint density at radius 2 is 1.72 bits per heavy atom. The zero-order valence-electron chi connectivity index (χ0n) is 18.7. The van der Waals surface area contributed by atoms with Crippen molar-refractivity contribution in [3.63, 3.8) is 0 Å². The number of benzene rings is 2. The van der Waals surface area contributed by atoms with Gasteiger partial charge in [-0.15, -0.1) is 12.4 Å². The number of halogens is 1. The summed E-state index contributed by atoms with van der Waals surface area (Å²) in [4.78, 5) is 22.0. The zero-order valence-corrected chi connectivity index (χ0v) is 21.1. The van der Waals surface area contributed by atoms with Crippen molar-refractivity contribution in [2.75, 3.05) is 36.8 Å². The van der Waals surface area contributed by atoms with Crippen LogP contribution in [0.3, 0.4) is 0 Å². The lowest BCUT2D eigenvalue weighted by atomic mass is 10.2. The maximum absolute atomic E-state index is 13.2. The molecule has 174 valence electrons. The SMILES string of the molecule is CCN(CC)CCN(C(=O)CCS(=O)(=O)c1ccccc1)c1nc2ccc(C)cc2s1.Cl. The van der Waals surface area contributed by atoms with Gasteiger partial charge in [-0.2, -0.15) is 0 Å². The Labute approximate surface area is 200 Å². The van der Waals surface area contributed by atoms with Crippen LogP contribution in [0.15, 0.2) is 53.4 Å². The fourth-order valence-corrected chi connectivity index (χ4v) is 5.70. The monoisotopic (exact) mass is 495 g/mol. The second-order valence-electron chi connectivity index (χ2n) is 7.42. The average Bonchev–Trinajstić information content (AvgIpc) is 3.18. The van der Waals surface area contributed by atoms with Gasteiger partial charge in [-0.1, -0.05) is 49.4 Å². The van der Waals surface area contributed by atoms with E-state index in [0.717, 1.165) is 28.9 Å². The van der Waals surface area contributed by atoms with Crippen molar-refractivity contribution in [1.29, 1.82) is 0 Å². The van der Waals surface area contributed by atoms with Crippen LogP contribution >= 0.6 is 23.7 Å². The number of likely N-dealkylation sites (N-methyl/N-ethyl adjacent to an activating group) is 1. The number of nitrogens with zero attached hydrogens (tertiary/aromatic N) is 3. The van der Waals surface area contributed by atoms with Gasteiger partial charge in [0.2, 0.25) is 5.91 Å². The van der Waals surface area contributed by atoms with Gasteiger partial charge in [0.15, 0.2) is 15.0 Å². The van der Waals surface area contributed by atoms with E-state index in [1.54, 1.807) is 35.2 Å². The number of carbonyl (C=O) groups excluding carboxylic acids is 1. The highest BCUT2D eigenvalue weighted by molar-refractivity contribution is 7.91. The number of hydrogen-bond donors (Lipinski definition) is 0. The summed E-state index contributed by atoms with van der Waals surface area (Å²) in [6.07, 6.45) is -0.0789. The Bertz CT molecular complexity index is 1130. The van der Waals surface area contributed by atoms with E-state index in [1.807, 2.05) is 19.1 Å². The summed E-state index contributed by atoms with van der Waals surface area (Å²) >= 11 is 1.47. The zero-order chi connectivity index (χ0) is 22.4. The van der Waals surface area contributed by atoms with Crippen LogP contribution in [-0.2, 0) is 14.6 Å². The minimum absolute atomic E-state index is 0. The molecule has 1 amide bonds. The predicted octanol–water partition coefficient (Wildman–Crippen LogP) is 4.57. The van der Waals surface area contributed by atoms with Gasteiger partial charge in [-0.25, -0.2) is 13.4 Å². The molecule has 3 aromatic rings. The summed E-state index contributed by atoms with van der Waals surface area (Å²) in [7, 11) is -3.52. The predicted molar refractivity (Wildman–Crippen MR) is 135 cm³/mol. The summed E-state index contributed by atoms with van der Waals surface area (Å²) in [5.74, 6) is -0.441. The molecule has 0 saturated carbocycles. The molecule has 0 unspecified atom stereocenters. The number of hydrogen-bond acceptors (Lipinski definition) is 6. The van der Waals surface area contributed by atoms with Gasteiger partial charge < -0.3 is 4.90 Å². The Morgan fingerprint density at radius 3 is 2.38 bits per heavy atom. The van der Waals surface area contributed by atoms with Crippen molar-refractivity contribution >= 4 is 54.8 Å². The Hall–Kier alpha value is -2.00. The quantitative estimate of drug-likeness (QED) is 0.412. The van der Waals surface area contributed by atoms with Crippen LogP contribution in [-0.4, -0.2) is 56.1 Å². The summed E-state index contributed by atoms with van der Waals surface area (Å²) in [5, 5.41) is 0.620. The number of anilines is 1. The van der Waals surface area contributed by atoms with E-state index in [2.05, 4.69) is 29.8 Å². The molecule has 6 nitrogen and oxygen atoms in total. The number of aromatic nitrogens is 1. The number of amides is 1.